The second-order valence-corrected chi connectivity index (χ2v) is 14.1. The van der Waals surface area contributed by atoms with E-state index in [-0.39, 0.29) is 0 Å². The predicted molar refractivity (Wildman–Crippen MR) is 189 cm³/mol. The van der Waals surface area contributed by atoms with Gasteiger partial charge < -0.3 is 4.90 Å². The summed E-state index contributed by atoms with van der Waals surface area (Å²) in [5.41, 5.74) is 10.6. The Kier molecular flexibility index (Phi) is 6.40. The third-order valence-electron chi connectivity index (χ3n) is 11.2. The van der Waals surface area contributed by atoms with E-state index in [1.54, 1.807) is 5.56 Å². The van der Waals surface area contributed by atoms with Crippen LogP contribution in [0.25, 0.3) is 33.0 Å². The Balaban J connectivity index is 1.04. The zero-order chi connectivity index (χ0) is 29.8. The van der Waals surface area contributed by atoms with Gasteiger partial charge in [-0.05, 0) is 137 Å². The van der Waals surface area contributed by atoms with Crippen molar-refractivity contribution in [1.82, 2.24) is 0 Å². The number of fused-ring (bicyclic) bond motifs is 1. The Morgan fingerprint density at radius 3 is 1.40 bits per heavy atom. The van der Waals surface area contributed by atoms with E-state index in [4.69, 9.17) is 0 Å². The lowest BCUT2D eigenvalue weighted by atomic mass is 9.48. The fourth-order valence-corrected chi connectivity index (χ4v) is 9.48. The van der Waals surface area contributed by atoms with Crippen LogP contribution in [0.15, 0.2) is 146 Å². The molecule has 4 aliphatic carbocycles. The van der Waals surface area contributed by atoms with Crippen molar-refractivity contribution in [3.05, 3.63) is 151 Å². The normalized spacial score (nSPS) is 23.3. The molecule has 0 saturated heterocycles. The fourth-order valence-electron chi connectivity index (χ4n) is 9.48. The lowest BCUT2D eigenvalue weighted by Gasteiger charge is -2.57. The summed E-state index contributed by atoms with van der Waals surface area (Å²) in [5.74, 6) is 2.93. The molecule has 0 amide bonds. The molecule has 0 aromatic heterocycles. The van der Waals surface area contributed by atoms with Crippen LogP contribution in [0, 0.1) is 17.8 Å². The summed E-state index contributed by atoms with van der Waals surface area (Å²) >= 11 is 0. The van der Waals surface area contributed by atoms with E-state index in [0.29, 0.717) is 5.41 Å². The van der Waals surface area contributed by atoms with Gasteiger partial charge in [0.25, 0.3) is 0 Å². The van der Waals surface area contributed by atoms with Gasteiger partial charge in [0.05, 0.1) is 0 Å². The average molecular weight is 582 g/mol. The maximum Gasteiger partial charge on any atom is 0.0468 e. The number of nitrogens with zero attached hydrogens (tertiary/aromatic N) is 1. The zero-order valence-electron chi connectivity index (χ0n) is 25.8. The first kappa shape index (κ1) is 26.8. The Bertz CT molecular complexity index is 1920. The highest BCUT2D eigenvalue weighted by Crippen LogP contribution is 2.60. The highest BCUT2D eigenvalue weighted by molar-refractivity contribution is 5.89. The van der Waals surface area contributed by atoms with Gasteiger partial charge in [-0.3, -0.25) is 0 Å². The molecule has 10 rings (SSSR count). The fraction of sp³-hybridized carbons (Fsp3) is 0.227. The van der Waals surface area contributed by atoms with Crippen molar-refractivity contribution in [3.63, 3.8) is 0 Å². The van der Waals surface area contributed by atoms with Crippen molar-refractivity contribution in [2.45, 2.75) is 43.9 Å². The van der Waals surface area contributed by atoms with Crippen LogP contribution < -0.4 is 4.90 Å². The summed E-state index contributed by atoms with van der Waals surface area (Å²) in [4.78, 5) is 2.38. The van der Waals surface area contributed by atoms with E-state index in [2.05, 4.69) is 150 Å². The minimum atomic E-state index is 0.452. The van der Waals surface area contributed by atoms with Gasteiger partial charge >= 0.3 is 0 Å². The minimum absolute atomic E-state index is 0.452. The smallest absolute Gasteiger partial charge is 0.0468 e. The zero-order valence-corrected chi connectivity index (χ0v) is 25.8. The van der Waals surface area contributed by atoms with Crippen LogP contribution in [0.5, 0.6) is 0 Å². The van der Waals surface area contributed by atoms with Crippen molar-refractivity contribution >= 4 is 27.8 Å². The Morgan fingerprint density at radius 2 is 0.844 bits per heavy atom. The summed E-state index contributed by atoms with van der Waals surface area (Å²) in [6, 6.07) is 53.8. The van der Waals surface area contributed by atoms with Crippen LogP contribution in [0.2, 0.25) is 0 Å². The molecule has 6 aromatic carbocycles. The van der Waals surface area contributed by atoms with Gasteiger partial charge in [-0.2, -0.15) is 0 Å². The van der Waals surface area contributed by atoms with E-state index in [0.717, 1.165) is 34.8 Å². The van der Waals surface area contributed by atoms with Crippen LogP contribution in [0.1, 0.15) is 44.1 Å². The van der Waals surface area contributed by atoms with Crippen LogP contribution >= 0.6 is 0 Å². The first-order chi connectivity index (χ1) is 22.2. The highest BCUT2D eigenvalue weighted by atomic mass is 15.1. The number of hydrogen-bond donors (Lipinski definition) is 0. The minimum Gasteiger partial charge on any atom is -0.310 e. The topological polar surface area (TPSA) is 3.24 Å². The van der Waals surface area contributed by atoms with E-state index < -0.39 is 0 Å². The van der Waals surface area contributed by atoms with Crippen LogP contribution in [0.3, 0.4) is 0 Å². The molecule has 0 N–H and O–H groups in total. The van der Waals surface area contributed by atoms with Gasteiger partial charge in [-0.1, -0.05) is 109 Å². The lowest BCUT2D eigenvalue weighted by Crippen LogP contribution is -2.48. The van der Waals surface area contributed by atoms with E-state index in [1.165, 1.54) is 71.6 Å². The van der Waals surface area contributed by atoms with Gasteiger partial charge in [0, 0.05) is 17.1 Å². The molecule has 4 aliphatic rings. The molecule has 45 heavy (non-hydrogen) atoms. The predicted octanol–water partition coefficient (Wildman–Crippen LogP) is 12.1. The first-order valence-electron chi connectivity index (χ1n) is 16.8. The molecular weight excluding hydrogens is 542 g/mol. The molecule has 0 heterocycles. The molecule has 0 aliphatic heterocycles. The third kappa shape index (κ3) is 4.86. The van der Waals surface area contributed by atoms with Crippen LogP contribution in [-0.4, -0.2) is 0 Å². The SMILES string of the molecule is c1ccc(-c2ccc(N(c3ccc(-c4ccc(C56CC7CC(CC(C7)C5)C6)cc4)cc3)c3ccc4ccccc4c3)cc2)cc1. The van der Waals surface area contributed by atoms with Gasteiger partial charge in [0.15, 0.2) is 0 Å². The molecule has 6 aromatic rings. The summed E-state index contributed by atoms with van der Waals surface area (Å²) in [7, 11) is 0. The van der Waals surface area contributed by atoms with Gasteiger partial charge in [0.1, 0.15) is 0 Å². The maximum atomic E-state index is 2.46. The van der Waals surface area contributed by atoms with Gasteiger partial charge in [0.2, 0.25) is 0 Å². The highest BCUT2D eigenvalue weighted by Gasteiger charge is 2.51. The quantitative estimate of drug-likeness (QED) is 0.189. The van der Waals surface area contributed by atoms with E-state index >= 15 is 0 Å². The first-order valence-corrected chi connectivity index (χ1v) is 16.8. The van der Waals surface area contributed by atoms with Crippen molar-refractivity contribution < 1.29 is 0 Å². The molecule has 4 saturated carbocycles. The Hall–Kier alpha value is -4.62. The number of benzene rings is 6. The van der Waals surface area contributed by atoms with Crippen molar-refractivity contribution in [3.8, 4) is 22.3 Å². The number of hydrogen-bond acceptors (Lipinski definition) is 1. The molecule has 4 bridgehead atoms. The Labute approximate surface area is 267 Å². The monoisotopic (exact) mass is 581 g/mol. The summed E-state index contributed by atoms with van der Waals surface area (Å²) in [5, 5.41) is 2.50. The second kappa shape index (κ2) is 10.8. The Morgan fingerprint density at radius 1 is 0.400 bits per heavy atom. The number of anilines is 3. The summed E-state index contributed by atoms with van der Waals surface area (Å²) < 4.78 is 0. The third-order valence-corrected chi connectivity index (χ3v) is 11.2. The van der Waals surface area contributed by atoms with Crippen LogP contribution in [0.4, 0.5) is 17.1 Å². The van der Waals surface area contributed by atoms with Crippen molar-refractivity contribution in [2.75, 3.05) is 4.90 Å². The molecule has 220 valence electrons. The average Bonchev–Trinajstić information content (AvgIpc) is 3.09. The molecule has 0 spiro atoms. The molecule has 0 radical (unpaired) electrons. The summed E-state index contributed by atoms with van der Waals surface area (Å²) in [6.07, 6.45) is 8.75. The van der Waals surface area contributed by atoms with E-state index in [9.17, 15) is 0 Å². The molecule has 0 atom stereocenters. The molecule has 1 heteroatoms. The standard InChI is InChI=1S/C44H39N/c1-2-6-34(7-3-1)37-12-19-41(20-13-37)45(43-23-16-35-8-4-5-9-39(35)27-43)42-21-14-38(15-22-42)36-10-17-40(18-11-36)44-28-31-24-32(29-44)26-33(25-31)30-44/h1-23,27,31-33H,24-26,28-30H2. The summed E-state index contributed by atoms with van der Waals surface area (Å²) in [6.45, 7) is 0. The van der Waals surface area contributed by atoms with Crippen molar-refractivity contribution in [1.29, 1.82) is 0 Å². The van der Waals surface area contributed by atoms with E-state index in [1.807, 2.05) is 0 Å². The second-order valence-electron chi connectivity index (χ2n) is 14.1. The molecular formula is C44H39N. The number of rotatable bonds is 6. The van der Waals surface area contributed by atoms with Gasteiger partial charge in [-0.15, -0.1) is 0 Å². The molecule has 1 nitrogen and oxygen atoms in total. The van der Waals surface area contributed by atoms with Gasteiger partial charge in [-0.25, -0.2) is 0 Å². The maximum absolute atomic E-state index is 2.46. The van der Waals surface area contributed by atoms with Crippen molar-refractivity contribution in [2.24, 2.45) is 17.8 Å². The van der Waals surface area contributed by atoms with Crippen LogP contribution in [-0.2, 0) is 5.41 Å². The largest absolute Gasteiger partial charge is 0.310 e. The molecule has 0 unspecified atom stereocenters. The lowest BCUT2D eigenvalue weighted by molar-refractivity contribution is -0.00518. The molecule has 4 fully saturated rings.